The lowest BCUT2D eigenvalue weighted by atomic mass is 9.97. The number of hydrogen-bond donors (Lipinski definition) is 7. The van der Waals surface area contributed by atoms with Crippen LogP contribution in [0.15, 0.2) is 0 Å². The molecule has 3 amide bonds. The second-order valence-corrected chi connectivity index (χ2v) is 7.99. The van der Waals surface area contributed by atoms with E-state index in [2.05, 4.69) is 16.0 Å². The molecule has 0 rings (SSSR count). The maximum Gasteiger partial charge on any atom is 0.326 e. The van der Waals surface area contributed by atoms with Gasteiger partial charge in [-0.1, -0.05) is 20.3 Å². The van der Waals surface area contributed by atoms with E-state index in [0.29, 0.717) is 12.2 Å². The Kier molecular flexibility index (Phi) is 13.5. The average molecular weight is 465 g/mol. The second kappa shape index (κ2) is 14.6. The number of hydrogen-bond acceptors (Lipinski definition) is 8. The van der Waals surface area contributed by atoms with Gasteiger partial charge in [0, 0.05) is 0 Å². The minimum atomic E-state index is -1.56. The molecule has 0 aliphatic carbocycles. The third-order valence-corrected chi connectivity index (χ3v) is 5.21. The molecule has 178 valence electrons. The van der Waals surface area contributed by atoms with E-state index in [1.54, 1.807) is 20.1 Å². The summed E-state index contributed by atoms with van der Waals surface area (Å²) >= 11 is 1.38. The lowest BCUT2D eigenvalue weighted by molar-refractivity contribution is -0.143. The van der Waals surface area contributed by atoms with Crippen molar-refractivity contribution in [2.75, 3.05) is 18.6 Å². The van der Waals surface area contributed by atoms with Crippen molar-refractivity contribution >= 4 is 41.4 Å². The summed E-state index contributed by atoms with van der Waals surface area (Å²) in [5.41, 5.74) is 5.45. The minimum Gasteiger partial charge on any atom is -0.481 e. The maximum absolute atomic E-state index is 12.8. The molecule has 8 N–H and O–H groups in total. The summed E-state index contributed by atoms with van der Waals surface area (Å²) < 4.78 is 0. The molecule has 0 aromatic heterocycles. The number of thioether (sulfide) groups is 1. The number of nitrogens with two attached hydrogens (primary N) is 1. The molecule has 0 heterocycles. The number of carboxylic acid groups (broad SMARTS) is 2. The number of aliphatic hydroxyl groups is 1. The van der Waals surface area contributed by atoms with Gasteiger partial charge in [0.05, 0.1) is 13.0 Å². The molecule has 0 bridgehead atoms. The standard InChI is InChI=1S/C18H32N4O8S/c1-4-9(2)14(22-15(26)10(19)8-23)17(28)21-12(7-13(24)25)16(27)20-11(18(29)30)5-6-31-3/h9-12,14,23H,4-8,19H2,1-3H3,(H,20,27)(H,21,28)(H,22,26)(H,24,25)(H,29,30). The van der Waals surface area contributed by atoms with Crippen LogP contribution in [0.2, 0.25) is 0 Å². The third-order valence-electron chi connectivity index (χ3n) is 4.56. The Bertz CT molecular complexity index is 648. The number of carbonyl (C=O) groups excluding carboxylic acids is 3. The molecule has 0 aliphatic rings. The van der Waals surface area contributed by atoms with Gasteiger partial charge in [-0.2, -0.15) is 11.8 Å². The highest BCUT2D eigenvalue weighted by atomic mass is 32.2. The van der Waals surface area contributed by atoms with Crippen LogP contribution in [0.25, 0.3) is 0 Å². The van der Waals surface area contributed by atoms with E-state index in [4.69, 9.17) is 15.9 Å². The van der Waals surface area contributed by atoms with Gasteiger partial charge in [-0.15, -0.1) is 0 Å². The first-order valence-corrected chi connectivity index (χ1v) is 11.1. The van der Waals surface area contributed by atoms with Gasteiger partial charge in [0.2, 0.25) is 17.7 Å². The number of carboxylic acids is 2. The monoisotopic (exact) mass is 464 g/mol. The zero-order valence-corrected chi connectivity index (χ0v) is 18.6. The first-order chi connectivity index (χ1) is 14.5. The number of aliphatic carboxylic acids is 2. The highest BCUT2D eigenvalue weighted by Crippen LogP contribution is 2.10. The van der Waals surface area contributed by atoms with E-state index in [9.17, 15) is 29.1 Å². The Labute approximate surface area is 184 Å². The Hall–Kier alpha value is -2.38. The summed E-state index contributed by atoms with van der Waals surface area (Å²) in [5.74, 6) is -5.22. The summed E-state index contributed by atoms with van der Waals surface area (Å²) in [5, 5.41) is 34.3. The summed E-state index contributed by atoms with van der Waals surface area (Å²) in [6.45, 7) is 2.77. The highest BCUT2D eigenvalue weighted by molar-refractivity contribution is 7.98. The Morgan fingerprint density at radius 1 is 0.968 bits per heavy atom. The molecule has 0 saturated carbocycles. The van der Waals surface area contributed by atoms with Crippen LogP contribution in [-0.4, -0.2) is 87.8 Å². The molecule has 0 aliphatic heterocycles. The smallest absolute Gasteiger partial charge is 0.326 e. The molecule has 0 aromatic rings. The predicted molar refractivity (Wildman–Crippen MR) is 113 cm³/mol. The number of rotatable bonds is 15. The molecule has 5 unspecified atom stereocenters. The average Bonchev–Trinajstić information content (AvgIpc) is 2.71. The number of nitrogens with one attached hydrogen (secondary N) is 3. The molecule has 0 radical (unpaired) electrons. The van der Waals surface area contributed by atoms with Crippen LogP contribution < -0.4 is 21.7 Å². The van der Waals surface area contributed by atoms with Crippen LogP contribution in [0.4, 0.5) is 0 Å². The number of carbonyl (C=O) groups is 5. The van der Waals surface area contributed by atoms with Crippen LogP contribution in [0, 0.1) is 5.92 Å². The van der Waals surface area contributed by atoms with Crippen LogP contribution >= 0.6 is 11.8 Å². The SMILES string of the molecule is CCC(C)C(NC(=O)C(N)CO)C(=O)NC(CC(=O)O)C(=O)NC(CCSC)C(=O)O. The van der Waals surface area contributed by atoms with Crippen molar-refractivity contribution in [2.45, 2.75) is 57.3 Å². The molecule has 0 saturated heterocycles. The van der Waals surface area contributed by atoms with E-state index >= 15 is 0 Å². The number of aliphatic hydroxyl groups excluding tert-OH is 1. The first-order valence-electron chi connectivity index (χ1n) is 9.69. The molecule has 31 heavy (non-hydrogen) atoms. The van der Waals surface area contributed by atoms with E-state index < -0.39 is 72.8 Å². The molecule has 0 spiro atoms. The zero-order valence-electron chi connectivity index (χ0n) is 17.8. The van der Waals surface area contributed by atoms with Crippen molar-refractivity contribution in [1.29, 1.82) is 0 Å². The van der Waals surface area contributed by atoms with Crippen molar-refractivity contribution in [1.82, 2.24) is 16.0 Å². The van der Waals surface area contributed by atoms with Crippen LogP contribution in [-0.2, 0) is 24.0 Å². The largest absolute Gasteiger partial charge is 0.481 e. The third kappa shape index (κ3) is 10.5. The molecular weight excluding hydrogens is 432 g/mol. The molecule has 13 heteroatoms. The van der Waals surface area contributed by atoms with Gasteiger partial charge in [-0.25, -0.2) is 4.79 Å². The van der Waals surface area contributed by atoms with Crippen molar-refractivity contribution < 1.29 is 39.3 Å². The van der Waals surface area contributed by atoms with Crippen molar-refractivity contribution in [3.05, 3.63) is 0 Å². The summed E-state index contributed by atoms with van der Waals surface area (Å²) in [4.78, 5) is 59.8. The van der Waals surface area contributed by atoms with Crippen LogP contribution in [0.1, 0.15) is 33.1 Å². The van der Waals surface area contributed by atoms with Gasteiger partial charge in [-0.3, -0.25) is 19.2 Å². The Balaban J connectivity index is 5.49. The summed E-state index contributed by atoms with van der Waals surface area (Å²) in [7, 11) is 0. The molecule has 0 fully saturated rings. The van der Waals surface area contributed by atoms with E-state index in [1.165, 1.54) is 11.8 Å². The van der Waals surface area contributed by atoms with Gasteiger partial charge < -0.3 is 37.0 Å². The zero-order chi connectivity index (χ0) is 24.1. The summed E-state index contributed by atoms with van der Waals surface area (Å²) in [6, 6.07) is -5.21. The quantitative estimate of drug-likeness (QED) is 0.143. The normalized spacial score (nSPS) is 15.6. The molecule has 5 atom stereocenters. The minimum absolute atomic E-state index is 0.112. The maximum atomic E-state index is 12.8. The van der Waals surface area contributed by atoms with Crippen molar-refractivity contribution in [3.8, 4) is 0 Å². The lowest BCUT2D eigenvalue weighted by Crippen LogP contribution is -2.59. The molecule has 0 aromatic carbocycles. The highest BCUT2D eigenvalue weighted by Gasteiger charge is 2.33. The van der Waals surface area contributed by atoms with Gasteiger partial charge >= 0.3 is 11.9 Å². The van der Waals surface area contributed by atoms with Crippen LogP contribution in [0.3, 0.4) is 0 Å². The number of amides is 3. The van der Waals surface area contributed by atoms with Gasteiger partial charge in [0.15, 0.2) is 0 Å². The fraction of sp³-hybridized carbons (Fsp3) is 0.722. The lowest BCUT2D eigenvalue weighted by Gasteiger charge is -2.27. The van der Waals surface area contributed by atoms with Gasteiger partial charge in [0.25, 0.3) is 0 Å². The molecule has 12 nitrogen and oxygen atoms in total. The van der Waals surface area contributed by atoms with Crippen molar-refractivity contribution in [2.24, 2.45) is 11.7 Å². The molecular formula is C18H32N4O8S. The van der Waals surface area contributed by atoms with E-state index in [1.807, 2.05) is 0 Å². The van der Waals surface area contributed by atoms with E-state index in [0.717, 1.165) is 0 Å². The van der Waals surface area contributed by atoms with E-state index in [-0.39, 0.29) is 6.42 Å². The topological polar surface area (TPSA) is 208 Å². The fourth-order valence-electron chi connectivity index (χ4n) is 2.46. The van der Waals surface area contributed by atoms with Gasteiger partial charge in [-0.05, 0) is 24.3 Å². The first kappa shape index (κ1) is 28.6. The summed E-state index contributed by atoms with van der Waals surface area (Å²) in [6.07, 6.45) is 1.54. The second-order valence-electron chi connectivity index (χ2n) is 7.00. The Morgan fingerprint density at radius 2 is 1.55 bits per heavy atom. The predicted octanol–water partition coefficient (Wildman–Crippen LogP) is -1.88. The fourth-order valence-corrected chi connectivity index (χ4v) is 2.93. The van der Waals surface area contributed by atoms with Crippen LogP contribution in [0.5, 0.6) is 0 Å². The van der Waals surface area contributed by atoms with Gasteiger partial charge in [0.1, 0.15) is 24.2 Å². The Morgan fingerprint density at radius 3 is 2.00 bits per heavy atom. The van der Waals surface area contributed by atoms with Crippen molar-refractivity contribution in [3.63, 3.8) is 0 Å².